The summed E-state index contributed by atoms with van der Waals surface area (Å²) in [4.78, 5) is 25.1. The fourth-order valence-electron chi connectivity index (χ4n) is 3.84. The molecule has 2 aromatic heterocycles. The van der Waals surface area contributed by atoms with Crippen LogP contribution < -0.4 is 10.6 Å². The maximum Gasteiger partial charge on any atom is 0.267 e. The fraction of sp³-hybridized carbons (Fsp3) is 0.174. The summed E-state index contributed by atoms with van der Waals surface area (Å²) in [6, 6.07) is 17.4. The highest BCUT2D eigenvalue weighted by Gasteiger charge is 2.19. The van der Waals surface area contributed by atoms with Gasteiger partial charge in [0.25, 0.3) is 11.8 Å². The van der Waals surface area contributed by atoms with Crippen molar-refractivity contribution < 1.29 is 9.59 Å². The Balaban J connectivity index is 1.36. The van der Waals surface area contributed by atoms with Crippen molar-refractivity contribution in [1.29, 1.82) is 0 Å². The highest BCUT2D eigenvalue weighted by Crippen LogP contribution is 2.24. The van der Waals surface area contributed by atoms with Gasteiger partial charge in [0.15, 0.2) is 0 Å². The van der Waals surface area contributed by atoms with Gasteiger partial charge in [-0.2, -0.15) is 5.10 Å². The Bertz CT molecular complexity index is 1240. The normalized spacial score (nSPS) is 13.5. The fourth-order valence-corrected chi connectivity index (χ4v) is 3.84. The van der Waals surface area contributed by atoms with Crippen LogP contribution in [-0.4, -0.2) is 32.7 Å². The Morgan fingerprint density at radius 3 is 2.87 bits per heavy atom. The van der Waals surface area contributed by atoms with Crippen LogP contribution >= 0.6 is 0 Å². The topological polar surface area (TPSA) is 81.0 Å². The number of nitrogens with one attached hydrogen (secondary N) is 2. The van der Waals surface area contributed by atoms with E-state index < -0.39 is 0 Å². The molecular formula is C23H21N5O2. The first-order chi connectivity index (χ1) is 14.7. The van der Waals surface area contributed by atoms with Crippen LogP contribution in [0.1, 0.15) is 32.8 Å². The Hall–Kier alpha value is -3.87. The van der Waals surface area contributed by atoms with Gasteiger partial charge in [0.05, 0.1) is 18.4 Å². The van der Waals surface area contributed by atoms with Gasteiger partial charge in [0, 0.05) is 35.8 Å². The third kappa shape index (κ3) is 3.45. The lowest BCUT2D eigenvalue weighted by Crippen LogP contribution is -2.22. The molecule has 0 fully saturated rings. The van der Waals surface area contributed by atoms with Crippen LogP contribution in [0.3, 0.4) is 0 Å². The molecule has 7 nitrogen and oxygen atoms in total. The minimum atomic E-state index is -0.204. The van der Waals surface area contributed by atoms with E-state index in [1.54, 1.807) is 16.9 Å². The maximum absolute atomic E-state index is 12.8. The summed E-state index contributed by atoms with van der Waals surface area (Å²) >= 11 is 0. The van der Waals surface area contributed by atoms with E-state index in [1.165, 1.54) is 0 Å². The van der Waals surface area contributed by atoms with Crippen LogP contribution in [0.5, 0.6) is 0 Å². The maximum atomic E-state index is 12.8. The molecule has 0 unspecified atom stereocenters. The number of carbonyl (C=O) groups is 2. The summed E-state index contributed by atoms with van der Waals surface area (Å²) in [6.07, 6.45) is 4.32. The van der Waals surface area contributed by atoms with E-state index >= 15 is 0 Å². The third-order valence-electron chi connectivity index (χ3n) is 5.32. The summed E-state index contributed by atoms with van der Waals surface area (Å²) in [5.74, 6) is -0.273. The van der Waals surface area contributed by atoms with Crippen molar-refractivity contribution in [2.45, 2.75) is 19.5 Å². The quantitative estimate of drug-likeness (QED) is 0.553. The molecule has 2 amide bonds. The number of hydrogen-bond acceptors (Lipinski definition) is 3. The highest BCUT2D eigenvalue weighted by molar-refractivity contribution is 6.07. The lowest BCUT2D eigenvalue weighted by atomic mass is 10.1. The monoisotopic (exact) mass is 399 g/mol. The smallest absolute Gasteiger partial charge is 0.267 e. The number of aryl methyl sites for hydroxylation is 1. The Kier molecular flexibility index (Phi) is 4.55. The minimum absolute atomic E-state index is 0.0690. The molecule has 1 aliphatic rings. The van der Waals surface area contributed by atoms with Crippen molar-refractivity contribution in [3.05, 3.63) is 83.8 Å². The van der Waals surface area contributed by atoms with E-state index in [9.17, 15) is 9.59 Å². The molecule has 150 valence electrons. The van der Waals surface area contributed by atoms with Gasteiger partial charge in [-0.1, -0.05) is 36.4 Å². The van der Waals surface area contributed by atoms with Crippen molar-refractivity contribution in [1.82, 2.24) is 19.7 Å². The van der Waals surface area contributed by atoms with Crippen LogP contribution in [-0.2, 0) is 13.1 Å². The summed E-state index contributed by atoms with van der Waals surface area (Å²) in [5.41, 5.74) is 3.87. The Labute approximate surface area is 173 Å². The standard InChI is InChI=1S/C23H21N5O2/c29-22(26-19-13-25-27(15-19)14-16-5-2-1-3-6-16)18-8-7-17-11-21-23(30)24-9-4-10-28(21)20(17)12-18/h1-3,5-8,11-13,15H,4,9-10,14H2,(H,24,30)(H,26,29). The molecule has 0 saturated heterocycles. The number of nitrogens with zero attached hydrogens (tertiary/aromatic N) is 3. The average Bonchev–Trinajstić information content (AvgIpc) is 3.30. The number of aromatic nitrogens is 3. The Morgan fingerprint density at radius 1 is 1.13 bits per heavy atom. The second-order valence-corrected chi connectivity index (χ2v) is 7.43. The molecule has 0 atom stereocenters. The first-order valence-electron chi connectivity index (χ1n) is 9.96. The SMILES string of the molecule is O=C(Nc1cnn(Cc2ccccc2)c1)c1ccc2cc3n(c2c1)CCCNC3=O. The molecule has 4 aromatic rings. The van der Waals surface area contributed by atoms with Gasteiger partial charge in [0.2, 0.25) is 0 Å². The molecule has 7 heteroatoms. The third-order valence-corrected chi connectivity index (χ3v) is 5.32. The van der Waals surface area contributed by atoms with Gasteiger partial charge in [0.1, 0.15) is 5.69 Å². The lowest BCUT2D eigenvalue weighted by molar-refractivity contribution is 0.0950. The van der Waals surface area contributed by atoms with Crippen molar-refractivity contribution in [2.24, 2.45) is 0 Å². The van der Waals surface area contributed by atoms with Crippen LogP contribution in [0.4, 0.5) is 5.69 Å². The zero-order chi connectivity index (χ0) is 20.5. The van der Waals surface area contributed by atoms with Gasteiger partial charge in [-0.25, -0.2) is 0 Å². The molecule has 30 heavy (non-hydrogen) atoms. The van der Waals surface area contributed by atoms with Crippen molar-refractivity contribution in [3.63, 3.8) is 0 Å². The van der Waals surface area contributed by atoms with Crippen LogP contribution in [0, 0.1) is 0 Å². The zero-order valence-electron chi connectivity index (χ0n) is 16.3. The van der Waals surface area contributed by atoms with E-state index in [0.717, 1.165) is 29.4 Å². The van der Waals surface area contributed by atoms with E-state index in [1.807, 2.05) is 59.3 Å². The molecule has 0 saturated carbocycles. The van der Waals surface area contributed by atoms with Crippen LogP contribution in [0.25, 0.3) is 10.9 Å². The van der Waals surface area contributed by atoms with Crippen LogP contribution in [0.15, 0.2) is 67.0 Å². The summed E-state index contributed by atoms with van der Waals surface area (Å²) in [5, 5.41) is 11.1. The van der Waals surface area contributed by atoms with Gasteiger partial charge >= 0.3 is 0 Å². The number of fused-ring (bicyclic) bond motifs is 3. The first kappa shape index (κ1) is 18.2. The zero-order valence-corrected chi connectivity index (χ0v) is 16.3. The molecule has 0 bridgehead atoms. The lowest BCUT2D eigenvalue weighted by Gasteiger charge is -2.07. The van der Waals surface area contributed by atoms with E-state index in [4.69, 9.17) is 0 Å². The number of benzene rings is 2. The molecule has 1 aliphatic heterocycles. The van der Waals surface area contributed by atoms with Gasteiger partial charge in [-0.3, -0.25) is 14.3 Å². The molecule has 3 heterocycles. The van der Waals surface area contributed by atoms with E-state index in [2.05, 4.69) is 15.7 Å². The Morgan fingerprint density at radius 2 is 2.00 bits per heavy atom. The predicted molar refractivity (Wildman–Crippen MR) is 115 cm³/mol. The number of hydrogen-bond donors (Lipinski definition) is 2. The summed E-state index contributed by atoms with van der Waals surface area (Å²) < 4.78 is 3.78. The molecule has 0 spiro atoms. The van der Waals surface area contributed by atoms with E-state index in [-0.39, 0.29) is 11.8 Å². The van der Waals surface area contributed by atoms with Crippen molar-refractivity contribution in [2.75, 3.05) is 11.9 Å². The van der Waals surface area contributed by atoms with Gasteiger partial charge < -0.3 is 15.2 Å². The van der Waals surface area contributed by atoms with Gasteiger partial charge in [-0.05, 0) is 30.2 Å². The molecule has 5 rings (SSSR count). The summed E-state index contributed by atoms with van der Waals surface area (Å²) in [6.45, 7) is 2.05. The largest absolute Gasteiger partial charge is 0.351 e. The van der Waals surface area contributed by atoms with Crippen molar-refractivity contribution in [3.8, 4) is 0 Å². The molecule has 0 aliphatic carbocycles. The van der Waals surface area contributed by atoms with E-state index in [0.29, 0.717) is 30.0 Å². The number of anilines is 1. The van der Waals surface area contributed by atoms with Crippen molar-refractivity contribution >= 4 is 28.4 Å². The molecular weight excluding hydrogens is 378 g/mol. The molecule has 0 radical (unpaired) electrons. The number of carbonyl (C=O) groups excluding carboxylic acids is 2. The highest BCUT2D eigenvalue weighted by atomic mass is 16.2. The minimum Gasteiger partial charge on any atom is -0.351 e. The van der Waals surface area contributed by atoms with Gasteiger partial charge in [-0.15, -0.1) is 0 Å². The molecule has 2 aromatic carbocycles. The summed E-state index contributed by atoms with van der Waals surface area (Å²) in [7, 11) is 0. The first-order valence-corrected chi connectivity index (χ1v) is 9.96. The second-order valence-electron chi connectivity index (χ2n) is 7.43. The number of rotatable bonds is 4. The predicted octanol–water partition coefficient (Wildman–Crippen LogP) is 3.27. The second kappa shape index (κ2) is 7.51. The number of amides is 2. The molecule has 2 N–H and O–H groups in total. The average molecular weight is 399 g/mol. The van der Waals surface area contributed by atoms with Crippen LogP contribution in [0.2, 0.25) is 0 Å².